The Kier molecular flexibility index (Phi) is 5.79. The lowest BCUT2D eigenvalue weighted by atomic mass is 10.0. The molecular formula is C22H26N2O3. The highest BCUT2D eigenvalue weighted by Gasteiger charge is 2.25. The molecule has 0 aromatic heterocycles. The van der Waals surface area contributed by atoms with Crippen LogP contribution in [0, 0.1) is 13.8 Å². The van der Waals surface area contributed by atoms with Crippen molar-refractivity contribution in [3.63, 3.8) is 0 Å². The highest BCUT2D eigenvalue weighted by Crippen LogP contribution is 2.20. The summed E-state index contributed by atoms with van der Waals surface area (Å²) in [5.41, 5.74) is 3.80. The molecule has 142 valence electrons. The molecule has 2 aromatic carbocycles. The van der Waals surface area contributed by atoms with Crippen LogP contribution in [-0.4, -0.2) is 54.9 Å². The van der Waals surface area contributed by atoms with E-state index in [2.05, 4.69) is 0 Å². The van der Waals surface area contributed by atoms with Gasteiger partial charge in [0.15, 0.2) is 0 Å². The van der Waals surface area contributed by atoms with Gasteiger partial charge in [-0.1, -0.05) is 24.3 Å². The fourth-order valence-electron chi connectivity index (χ4n) is 3.44. The molecule has 1 aliphatic heterocycles. The van der Waals surface area contributed by atoms with E-state index in [0.29, 0.717) is 38.2 Å². The van der Waals surface area contributed by atoms with E-state index in [-0.39, 0.29) is 11.8 Å². The molecule has 0 radical (unpaired) electrons. The van der Waals surface area contributed by atoms with Gasteiger partial charge in [-0.05, 0) is 48.7 Å². The summed E-state index contributed by atoms with van der Waals surface area (Å²) in [5, 5.41) is 0. The average molecular weight is 366 g/mol. The molecule has 2 amide bonds. The van der Waals surface area contributed by atoms with Gasteiger partial charge >= 0.3 is 0 Å². The van der Waals surface area contributed by atoms with Gasteiger partial charge in [-0.2, -0.15) is 0 Å². The molecule has 1 heterocycles. The average Bonchev–Trinajstić information content (AvgIpc) is 2.69. The molecule has 0 aliphatic carbocycles. The number of methoxy groups -OCH3 is 1. The fraction of sp³-hybridized carbons (Fsp3) is 0.364. The van der Waals surface area contributed by atoms with Gasteiger partial charge in [0.2, 0.25) is 5.91 Å². The highest BCUT2D eigenvalue weighted by atomic mass is 16.5. The first kappa shape index (κ1) is 19.0. The molecule has 0 saturated carbocycles. The zero-order chi connectivity index (χ0) is 19.4. The molecule has 1 fully saturated rings. The summed E-state index contributed by atoms with van der Waals surface area (Å²) in [7, 11) is 1.62. The predicted molar refractivity (Wildman–Crippen MR) is 105 cm³/mol. The van der Waals surface area contributed by atoms with Gasteiger partial charge in [0.1, 0.15) is 5.75 Å². The van der Waals surface area contributed by atoms with Gasteiger partial charge in [0, 0.05) is 31.7 Å². The number of amides is 2. The van der Waals surface area contributed by atoms with E-state index in [9.17, 15) is 9.59 Å². The van der Waals surface area contributed by atoms with Crippen molar-refractivity contribution in [2.45, 2.75) is 20.3 Å². The lowest BCUT2D eigenvalue weighted by Gasteiger charge is -2.35. The SMILES string of the molecule is COc1ccc(C(=O)N2CCN(C(=O)Cc3ccccc3C)CC2)cc1C. The van der Waals surface area contributed by atoms with E-state index in [1.807, 2.05) is 60.0 Å². The van der Waals surface area contributed by atoms with E-state index in [4.69, 9.17) is 4.74 Å². The molecule has 0 N–H and O–H groups in total. The van der Waals surface area contributed by atoms with Crippen molar-refractivity contribution < 1.29 is 14.3 Å². The Labute approximate surface area is 160 Å². The first-order valence-electron chi connectivity index (χ1n) is 9.26. The largest absolute Gasteiger partial charge is 0.496 e. The van der Waals surface area contributed by atoms with Crippen molar-refractivity contribution in [1.29, 1.82) is 0 Å². The molecule has 5 nitrogen and oxygen atoms in total. The molecule has 0 spiro atoms. The zero-order valence-electron chi connectivity index (χ0n) is 16.2. The number of rotatable bonds is 4. The lowest BCUT2D eigenvalue weighted by Crippen LogP contribution is -2.51. The minimum Gasteiger partial charge on any atom is -0.496 e. The fourth-order valence-corrected chi connectivity index (χ4v) is 3.44. The number of benzene rings is 2. The maximum atomic E-state index is 12.7. The number of carbonyl (C=O) groups is 2. The standard InChI is InChI=1S/C22H26N2O3/c1-16-6-4-5-7-18(16)15-21(25)23-10-12-24(13-11-23)22(26)19-8-9-20(27-3)17(2)14-19/h4-9,14H,10-13,15H2,1-3H3. The van der Waals surface area contributed by atoms with Crippen LogP contribution in [-0.2, 0) is 11.2 Å². The molecule has 0 unspecified atom stereocenters. The van der Waals surface area contributed by atoms with Crippen molar-refractivity contribution in [2.24, 2.45) is 0 Å². The molecule has 1 aliphatic rings. The van der Waals surface area contributed by atoms with Crippen LogP contribution in [0.5, 0.6) is 5.75 Å². The monoisotopic (exact) mass is 366 g/mol. The molecule has 2 aromatic rings. The first-order valence-corrected chi connectivity index (χ1v) is 9.26. The summed E-state index contributed by atoms with van der Waals surface area (Å²) in [6.07, 6.45) is 0.415. The van der Waals surface area contributed by atoms with Gasteiger partial charge in [-0.15, -0.1) is 0 Å². The quantitative estimate of drug-likeness (QED) is 0.836. The highest BCUT2D eigenvalue weighted by molar-refractivity contribution is 5.94. The van der Waals surface area contributed by atoms with Crippen molar-refractivity contribution >= 4 is 11.8 Å². The smallest absolute Gasteiger partial charge is 0.253 e. The van der Waals surface area contributed by atoms with Crippen LogP contribution in [0.3, 0.4) is 0 Å². The summed E-state index contributed by atoms with van der Waals surface area (Å²) in [5.74, 6) is 0.904. The minimum absolute atomic E-state index is 0.00626. The third kappa shape index (κ3) is 4.30. The molecule has 0 atom stereocenters. The van der Waals surface area contributed by atoms with E-state index >= 15 is 0 Å². The van der Waals surface area contributed by atoms with Crippen molar-refractivity contribution in [2.75, 3.05) is 33.3 Å². The van der Waals surface area contributed by atoms with Gasteiger partial charge < -0.3 is 14.5 Å². The second kappa shape index (κ2) is 8.25. The van der Waals surface area contributed by atoms with Gasteiger partial charge in [0.05, 0.1) is 13.5 Å². The molecule has 3 rings (SSSR count). The maximum absolute atomic E-state index is 12.7. The van der Waals surface area contributed by atoms with Crippen LogP contribution < -0.4 is 4.74 Å². The van der Waals surface area contributed by atoms with Gasteiger partial charge in [-0.3, -0.25) is 9.59 Å². The molecular weight excluding hydrogens is 340 g/mol. The third-order valence-corrected chi connectivity index (χ3v) is 5.16. The van der Waals surface area contributed by atoms with Crippen molar-refractivity contribution in [3.05, 3.63) is 64.7 Å². The van der Waals surface area contributed by atoms with E-state index < -0.39 is 0 Å². The van der Waals surface area contributed by atoms with E-state index in [1.165, 1.54) is 0 Å². The Morgan fingerprint density at radius 3 is 2.22 bits per heavy atom. The molecule has 5 heteroatoms. The van der Waals surface area contributed by atoms with Crippen molar-refractivity contribution in [1.82, 2.24) is 9.80 Å². The van der Waals surface area contributed by atoms with Gasteiger partial charge in [0.25, 0.3) is 5.91 Å². The van der Waals surface area contributed by atoms with Crippen LogP contribution in [0.1, 0.15) is 27.0 Å². The number of ether oxygens (including phenoxy) is 1. The summed E-state index contributed by atoms with van der Waals surface area (Å²) >= 11 is 0. The number of hydrogen-bond donors (Lipinski definition) is 0. The lowest BCUT2D eigenvalue weighted by molar-refractivity contribution is -0.131. The first-order chi connectivity index (χ1) is 13.0. The zero-order valence-corrected chi connectivity index (χ0v) is 16.2. The number of carbonyl (C=O) groups excluding carboxylic acids is 2. The minimum atomic E-state index is 0.00626. The number of aryl methyl sites for hydroxylation is 2. The third-order valence-electron chi connectivity index (χ3n) is 5.16. The van der Waals surface area contributed by atoms with E-state index in [1.54, 1.807) is 13.2 Å². The van der Waals surface area contributed by atoms with E-state index in [0.717, 1.165) is 22.4 Å². The van der Waals surface area contributed by atoms with Crippen LogP contribution in [0.25, 0.3) is 0 Å². The van der Waals surface area contributed by atoms with Crippen LogP contribution >= 0.6 is 0 Å². The Morgan fingerprint density at radius 2 is 1.59 bits per heavy atom. The second-order valence-corrected chi connectivity index (χ2v) is 6.96. The second-order valence-electron chi connectivity index (χ2n) is 6.96. The Morgan fingerprint density at radius 1 is 0.926 bits per heavy atom. The molecule has 1 saturated heterocycles. The number of nitrogens with zero attached hydrogens (tertiary/aromatic N) is 2. The Balaban J connectivity index is 1.58. The number of hydrogen-bond acceptors (Lipinski definition) is 3. The summed E-state index contributed by atoms with van der Waals surface area (Å²) in [6.45, 7) is 6.22. The summed E-state index contributed by atoms with van der Waals surface area (Å²) in [6, 6.07) is 13.4. The molecule has 27 heavy (non-hydrogen) atoms. The van der Waals surface area contributed by atoms with Gasteiger partial charge in [-0.25, -0.2) is 0 Å². The maximum Gasteiger partial charge on any atom is 0.253 e. The normalized spacial score (nSPS) is 14.2. The Bertz CT molecular complexity index is 839. The van der Waals surface area contributed by atoms with Crippen LogP contribution in [0.15, 0.2) is 42.5 Å². The predicted octanol–water partition coefficient (Wildman–Crippen LogP) is 2.84. The number of piperazine rings is 1. The van der Waals surface area contributed by atoms with Crippen LogP contribution in [0.2, 0.25) is 0 Å². The van der Waals surface area contributed by atoms with Crippen LogP contribution in [0.4, 0.5) is 0 Å². The summed E-state index contributed by atoms with van der Waals surface area (Å²) in [4.78, 5) is 29.0. The van der Waals surface area contributed by atoms with Crippen molar-refractivity contribution in [3.8, 4) is 5.75 Å². The molecule has 0 bridgehead atoms. The summed E-state index contributed by atoms with van der Waals surface area (Å²) < 4.78 is 5.25. The topological polar surface area (TPSA) is 49.9 Å². The Hall–Kier alpha value is -2.82.